The topological polar surface area (TPSA) is 65.3 Å². The molecule has 15 heavy (non-hydrogen) atoms. The zero-order chi connectivity index (χ0) is 11.3. The SMILES string of the molecule is CC(C)Oc1cccc(/C=C/[N+](=O)[O-])n1. The summed E-state index contributed by atoms with van der Waals surface area (Å²) < 4.78 is 5.35. The Bertz CT molecular complexity index is 375. The van der Waals surface area contributed by atoms with Crippen LogP contribution in [0.4, 0.5) is 0 Å². The largest absolute Gasteiger partial charge is 0.475 e. The molecule has 0 unspecified atom stereocenters. The van der Waals surface area contributed by atoms with E-state index in [-0.39, 0.29) is 6.10 Å². The summed E-state index contributed by atoms with van der Waals surface area (Å²) in [7, 11) is 0. The van der Waals surface area contributed by atoms with Crippen LogP contribution in [0.1, 0.15) is 19.5 Å². The van der Waals surface area contributed by atoms with Crippen molar-refractivity contribution in [3.63, 3.8) is 0 Å². The summed E-state index contributed by atoms with van der Waals surface area (Å²) in [4.78, 5) is 13.6. The van der Waals surface area contributed by atoms with E-state index in [0.717, 1.165) is 6.20 Å². The average molecular weight is 208 g/mol. The van der Waals surface area contributed by atoms with Crippen molar-refractivity contribution in [2.75, 3.05) is 0 Å². The van der Waals surface area contributed by atoms with Gasteiger partial charge in [-0.1, -0.05) is 6.07 Å². The maximum absolute atomic E-state index is 10.1. The maximum Gasteiger partial charge on any atom is 0.236 e. The van der Waals surface area contributed by atoms with Crippen LogP contribution >= 0.6 is 0 Å². The third-order valence-corrected chi connectivity index (χ3v) is 1.47. The molecule has 0 atom stereocenters. The summed E-state index contributed by atoms with van der Waals surface area (Å²) in [6, 6.07) is 5.13. The summed E-state index contributed by atoms with van der Waals surface area (Å²) in [6.07, 6.45) is 2.21. The molecule has 0 saturated carbocycles. The summed E-state index contributed by atoms with van der Waals surface area (Å²) >= 11 is 0. The Morgan fingerprint density at radius 3 is 2.87 bits per heavy atom. The van der Waals surface area contributed by atoms with Crippen LogP contribution in [-0.2, 0) is 0 Å². The van der Waals surface area contributed by atoms with E-state index >= 15 is 0 Å². The lowest BCUT2D eigenvalue weighted by Crippen LogP contribution is -2.06. The molecule has 0 amide bonds. The van der Waals surface area contributed by atoms with E-state index < -0.39 is 4.92 Å². The number of aromatic nitrogens is 1. The quantitative estimate of drug-likeness (QED) is 0.561. The summed E-state index contributed by atoms with van der Waals surface area (Å²) in [6.45, 7) is 3.78. The molecule has 80 valence electrons. The second kappa shape index (κ2) is 5.09. The number of rotatable bonds is 4. The lowest BCUT2D eigenvalue weighted by Gasteiger charge is -2.08. The number of nitrogens with zero attached hydrogens (tertiary/aromatic N) is 2. The van der Waals surface area contributed by atoms with Gasteiger partial charge in [0.2, 0.25) is 12.1 Å². The van der Waals surface area contributed by atoms with Crippen molar-refractivity contribution in [1.29, 1.82) is 0 Å². The van der Waals surface area contributed by atoms with Crippen LogP contribution in [0.25, 0.3) is 6.08 Å². The molecule has 1 aromatic rings. The Balaban J connectivity index is 2.78. The van der Waals surface area contributed by atoms with Gasteiger partial charge in [-0.05, 0) is 19.9 Å². The van der Waals surface area contributed by atoms with E-state index in [1.807, 2.05) is 13.8 Å². The second-order valence-corrected chi connectivity index (χ2v) is 3.17. The van der Waals surface area contributed by atoms with Crippen molar-refractivity contribution in [2.24, 2.45) is 0 Å². The van der Waals surface area contributed by atoms with Gasteiger partial charge in [0, 0.05) is 12.1 Å². The van der Waals surface area contributed by atoms with Gasteiger partial charge >= 0.3 is 0 Å². The van der Waals surface area contributed by atoms with Crippen molar-refractivity contribution < 1.29 is 9.66 Å². The molecule has 0 N–H and O–H groups in total. The fourth-order valence-corrected chi connectivity index (χ4v) is 0.968. The highest BCUT2D eigenvalue weighted by molar-refractivity contribution is 5.43. The van der Waals surface area contributed by atoms with Crippen molar-refractivity contribution in [3.05, 3.63) is 40.2 Å². The molecule has 0 radical (unpaired) electrons. The molecule has 1 heterocycles. The number of hydrogen-bond donors (Lipinski definition) is 0. The molecule has 1 rings (SSSR count). The molecule has 5 nitrogen and oxygen atoms in total. The number of pyridine rings is 1. The Hall–Kier alpha value is -1.91. The van der Waals surface area contributed by atoms with E-state index in [1.54, 1.807) is 18.2 Å². The van der Waals surface area contributed by atoms with Crippen molar-refractivity contribution in [2.45, 2.75) is 20.0 Å². The molecule has 0 fully saturated rings. The van der Waals surface area contributed by atoms with E-state index in [4.69, 9.17) is 4.74 Å². The zero-order valence-electron chi connectivity index (χ0n) is 8.58. The fraction of sp³-hybridized carbons (Fsp3) is 0.300. The third-order valence-electron chi connectivity index (χ3n) is 1.47. The van der Waals surface area contributed by atoms with Gasteiger partial charge in [-0.15, -0.1) is 0 Å². The second-order valence-electron chi connectivity index (χ2n) is 3.17. The van der Waals surface area contributed by atoms with Gasteiger partial charge in [0.15, 0.2) is 0 Å². The molecule has 0 aliphatic carbocycles. The minimum absolute atomic E-state index is 0.0345. The summed E-state index contributed by atoms with van der Waals surface area (Å²) in [5.41, 5.74) is 0.504. The molecule has 5 heteroatoms. The van der Waals surface area contributed by atoms with Crippen molar-refractivity contribution in [1.82, 2.24) is 4.98 Å². The summed E-state index contributed by atoms with van der Waals surface area (Å²) in [5.74, 6) is 0.468. The number of ether oxygens (including phenoxy) is 1. The molecular weight excluding hydrogens is 196 g/mol. The minimum Gasteiger partial charge on any atom is -0.475 e. The highest BCUT2D eigenvalue weighted by Crippen LogP contribution is 2.10. The average Bonchev–Trinajstić information content (AvgIpc) is 2.14. The number of nitro groups is 1. The predicted molar refractivity (Wildman–Crippen MR) is 56.0 cm³/mol. The molecule has 0 aliphatic rings. The highest BCUT2D eigenvalue weighted by Gasteiger charge is 1.99. The van der Waals surface area contributed by atoms with Gasteiger partial charge in [-0.25, -0.2) is 4.98 Å². The molecule has 1 aromatic heterocycles. The zero-order valence-corrected chi connectivity index (χ0v) is 8.58. The monoisotopic (exact) mass is 208 g/mol. The molecule has 0 bridgehead atoms. The molecule has 0 aromatic carbocycles. The first-order valence-electron chi connectivity index (χ1n) is 4.53. The van der Waals surface area contributed by atoms with E-state index in [1.165, 1.54) is 6.08 Å². The lowest BCUT2D eigenvalue weighted by molar-refractivity contribution is -0.401. The van der Waals surface area contributed by atoms with Crippen LogP contribution in [0.3, 0.4) is 0 Å². The van der Waals surface area contributed by atoms with Gasteiger partial charge in [0.1, 0.15) is 0 Å². The molecular formula is C10H12N2O3. The molecule has 0 saturated heterocycles. The first-order valence-corrected chi connectivity index (χ1v) is 4.53. The van der Waals surface area contributed by atoms with Crippen LogP contribution in [0.2, 0.25) is 0 Å². The Labute approximate surface area is 87.6 Å². The smallest absolute Gasteiger partial charge is 0.236 e. The Kier molecular flexibility index (Phi) is 3.79. The Morgan fingerprint density at radius 2 is 2.27 bits per heavy atom. The van der Waals surface area contributed by atoms with Crippen molar-refractivity contribution >= 4 is 6.08 Å². The fourth-order valence-electron chi connectivity index (χ4n) is 0.968. The lowest BCUT2D eigenvalue weighted by atomic mass is 10.3. The van der Waals surface area contributed by atoms with Gasteiger partial charge in [0.25, 0.3) is 0 Å². The van der Waals surface area contributed by atoms with Crippen LogP contribution < -0.4 is 4.74 Å². The number of hydrogen-bond acceptors (Lipinski definition) is 4. The molecule has 0 aliphatic heterocycles. The Morgan fingerprint density at radius 1 is 1.53 bits per heavy atom. The van der Waals surface area contributed by atoms with Gasteiger partial charge in [-0.2, -0.15) is 0 Å². The van der Waals surface area contributed by atoms with Crippen LogP contribution in [-0.4, -0.2) is 16.0 Å². The minimum atomic E-state index is -0.530. The molecule has 0 spiro atoms. The van der Waals surface area contributed by atoms with Gasteiger partial charge < -0.3 is 4.74 Å². The van der Waals surface area contributed by atoms with Crippen molar-refractivity contribution in [3.8, 4) is 5.88 Å². The maximum atomic E-state index is 10.1. The summed E-state index contributed by atoms with van der Waals surface area (Å²) in [5, 5.41) is 10.1. The van der Waals surface area contributed by atoms with E-state index in [2.05, 4.69) is 4.98 Å². The van der Waals surface area contributed by atoms with E-state index in [0.29, 0.717) is 11.6 Å². The van der Waals surface area contributed by atoms with E-state index in [9.17, 15) is 10.1 Å². The highest BCUT2D eigenvalue weighted by atomic mass is 16.6. The first kappa shape index (κ1) is 11.2. The standard InChI is InChI=1S/C10H12N2O3/c1-8(2)15-10-5-3-4-9(11-10)6-7-12(13)14/h3-8H,1-2H3/b7-6+. The predicted octanol–water partition coefficient (Wildman–Crippen LogP) is 2.12. The van der Waals surface area contributed by atoms with Crippen LogP contribution in [0.5, 0.6) is 5.88 Å². The first-order chi connectivity index (χ1) is 7.08. The van der Waals surface area contributed by atoms with Crippen LogP contribution in [0.15, 0.2) is 24.4 Å². The van der Waals surface area contributed by atoms with Gasteiger partial charge in [-0.3, -0.25) is 10.1 Å². The third kappa shape index (κ3) is 4.21. The van der Waals surface area contributed by atoms with Gasteiger partial charge in [0.05, 0.1) is 16.7 Å². The van der Waals surface area contributed by atoms with Crippen LogP contribution in [0, 0.1) is 10.1 Å². The normalized spacial score (nSPS) is 10.9.